The number of para-hydroxylation sites is 1. The Balaban J connectivity index is 2.32. The van der Waals surface area contributed by atoms with E-state index in [2.05, 4.69) is 20.9 Å². The van der Waals surface area contributed by atoms with E-state index >= 15 is 0 Å². The van der Waals surface area contributed by atoms with E-state index in [0.29, 0.717) is 5.56 Å². The summed E-state index contributed by atoms with van der Waals surface area (Å²) >= 11 is 9.12. The van der Waals surface area contributed by atoms with Crippen LogP contribution in [-0.4, -0.2) is 11.1 Å². The van der Waals surface area contributed by atoms with E-state index in [1.54, 1.807) is 12.3 Å². The fraction of sp³-hybridized carbons (Fsp3) is 0. The zero-order valence-corrected chi connectivity index (χ0v) is 11.9. The highest BCUT2D eigenvalue weighted by Gasteiger charge is 2.11. The Labute approximate surface area is 123 Å². The zero-order chi connectivity index (χ0) is 13.8. The van der Waals surface area contributed by atoms with Gasteiger partial charge in [-0.25, -0.2) is 0 Å². The van der Waals surface area contributed by atoms with Crippen LogP contribution >= 0.6 is 27.5 Å². The monoisotopic (exact) mass is 338 g/mol. The van der Waals surface area contributed by atoms with Gasteiger partial charge in [-0.05, 0) is 39.7 Å². The van der Waals surface area contributed by atoms with Crippen molar-refractivity contribution < 1.29 is 4.92 Å². The van der Waals surface area contributed by atoms with Gasteiger partial charge in [0.25, 0.3) is 5.69 Å². The topological polar surface area (TPSA) is 55.5 Å². The summed E-state index contributed by atoms with van der Waals surface area (Å²) in [5.74, 6) is 0. The summed E-state index contributed by atoms with van der Waals surface area (Å²) in [6.07, 6.45) is 1.56. The van der Waals surface area contributed by atoms with Crippen molar-refractivity contribution in [1.82, 2.24) is 0 Å². The normalized spacial score (nSPS) is 10.8. The Morgan fingerprint density at radius 1 is 1.26 bits per heavy atom. The molecule has 0 bridgehead atoms. The summed E-state index contributed by atoms with van der Waals surface area (Å²) in [5, 5.41) is 10.9. The Hall–Kier alpha value is -1.72. The molecule has 4 nitrogen and oxygen atoms in total. The molecule has 0 atom stereocenters. The molecular formula is C13H8BrClN2O2. The highest BCUT2D eigenvalue weighted by molar-refractivity contribution is 9.10. The Kier molecular flexibility index (Phi) is 4.29. The second-order valence-corrected chi connectivity index (χ2v) is 4.94. The van der Waals surface area contributed by atoms with E-state index in [-0.39, 0.29) is 10.7 Å². The zero-order valence-electron chi connectivity index (χ0n) is 9.59. The predicted molar refractivity (Wildman–Crippen MR) is 79.5 cm³/mol. The number of halogens is 2. The van der Waals surface area contributed by atoms with Gasteiger partial charge in [0.2, 0.25) is 0 Å². The lowest BCUT2D eigenvalue weighted by molar-refractivity contribution is -0.384. The van der Waals surface area contributed by atoms with Crippen molar-refractivity contribution in [2.75, 3.05) is 0 Å². The molecule has 96 valence electrons. The summed E-state index contributed by atoms with van der Waals surface area (Å²) < 4.78 is 0.856. The van der Waals surface area contributed by atoms with Gasteiger partial charge in [-0.2, -0.15) is 0 Å². The van der Waals surface area contributed by atoms with Crippen LogP contribution in [0.2, 0.25) is 5.02 Å². The smallest absolute Gasteiger partial charge is 0.258 e. The minimum atomic E-state index is -0.516. The van der Waals surface area contributed by atoms with Gasteiger partial charge in [-0.15, -0.1) is 0 Å². The van der Waals surface area contributed by atoms with Crippen molar-refractivity contribution in [2.24, 2.45) is 4.99 Å². The Morgan fingerprint density at radius 2 is 2.00 bits per heavy atom. The second kappa shape index (κ2) is 5.95. The number of nitrogens with zero attached hydrogens (tertiary/aromatic N) is 2. The maximum Gasteiger partial charge on any atom is 0.288 e. The molecule has 6 heteroatoms. The molecule has 0 aliphatic rings. The molecule has 0 unspecified atom stereocenters. The first-order valence-electron chi connectivity index (χ1n) is 5.30. The number of rotatable bonds is 3. The molecule has 2 rings (SSSR count). The average Bonchev–Trinajstić information content (AvgIpc) is 2.39. The van der Waals surface area contributed by atoms with Crippen molar-refractivity contribution in [1.29, 1.82) is 0 Å². The van der Waals surface area contributed by atoms with Crippen LogP contribution in [0.5, 0.6) is 0 Å². The SMILES string of the molecule is O=[N+]([O-])c1cc(C=Nc2ccccc2Br)ccc1Cl. The number of hydrogen-bond donors (Lipinski definition) is 0. The summed E-state index contributed by atoms with van der Waals surface area (Å²) in [6.45, 7) is 0. The molecule has 0 spiro atoms. The molecular weight excluding hydrogens is 332 g/mol. The minimum Gasteiger partial charge on any atom is -0.258 e. The first-order valence-corrected chi connectivity index (χ1v) is 6.47. The summed E-state index contributed by atoms with van der Waals surface area (Å²) in [7, 11) is 0. The van der Waals surface area contributed by atoms with E-state index in [0.717, 1.165) is 10.2 Å². The maximum atomic E-state index is 10.8. The van der Waals surface area contributed by atoms with E-state index in [9.17, 15) is 10.1 Å². The fourth-order valence-corrected chi connectivity index (χ4v) is 2.02. The Bertz CT molecular complexity index is 659. The molecule has 2 aromatic rings. The molecule has 19 heavy (non-hydrogen) atoms. The number of aliphatic imine (C=N–C) groups is 1. The number of hydrogen-bond acceptors (Lipinski definition) is 3. The van der Waals surface area contributed by atoms with Gasteiger partial charge >= 0.3 is 0 Å². The summed E-state index contributed by atoms with van der Waals surface area (Å²) in [6, 6.07) is 12.0. The second-order valence-electron chi connectivity index (χ2n) is 3.68. The van der Waals surface area contributed by atoms with Crippen molar-refractivity contribution in [2.45, 2.75) is 0 Å². The standard InChI is InChI=1S/C13H8BrClN2O2/c14-10-3-1-2-4-12(10)16-8-9-5-6-11(15)13(7-9)17(18)19/h1-8H. The molecule has 0 saturated carbocycles. The van der Waals surface area contributed by atoms with Gasteiger partial charge in [0.15, 0.2) is 0 Å². The first-order chi connectivity index (χ1) is 9.08. The number of benzene rings is 2. The quantitative estimate of drug-likeness (QED) is 0.460. The molecule has 0 aromatic heterocycles. The van der Waals surface area contributed by atoms with Gasteiger partial charge < -0.3 is 0 Å². The fourth-order valence-electron chi connectivity index (χ4n) is 1.45. The van der Waals surface area contributed by atoms with E-state index < -0.39 is 4.92 Å². The summed E-state index contributed by atoms with van der Waals surface area (Å²) in [5.41, 5.74) is 1.24. The van der Waals surface area contributed by atoms with Gasteiger partial charge in [0.05, 0.1) is 10.6 Å². The lowest BCUT2D eigenvalue weighted by atomic mass is 10.2. The van der Waals surface area contributed by atoms with Crippen LogP contribution in [0.15, 0.2) is 51.9 Å². The largest absolute Gasteiger partial charge is 0.288 e. The van der Waals surface area contributed by atoms with Crippen molar-refractivity contribution in [3.63, 3.8) is 0 Å². The van der Waals surface area contributed by atoms with Gasteiger partial charge in [-0.1, -0.05) is 29.8 Å². The minimum absolute atomic E-state index is 0.114. The molecule has 0 fully saturated rings. The molecule has 0 aliphatic carbocycles. The predicted octanol–water partition coefficient (Wildman–Crippen LogP) is 4.76. The van der Waals surface area contributed by atoms with Crippen LogP contribution in [0.25, 0.3) is 0 Å². The highest BCUT2D eigenvalue weighted by atomic mass is 79.9. The van der Waals surface area contributed by atoms with E-state index in [1.165, 1.54) is 12.1 Å². The maximum absolute atomic E-state index is 10.8. The van der Waals surface area contributed by atoms with Crippen LogP contribution in [0.4, 0.5) is 11.4 Å². The molecule has 0 amide bonds. The van der Waals surface area contributed by atoms with Crippen LogP contribution in [0.1, 0.15) is 5.56 Å². The van der Waals surface area contributed by atoms with Crippen LogP contribution in [0.3, 0.4) is 0 Å². The van der Waals surface area contributed by atoms with Crippen LogP contribution in [-0.2, 0) is 0 Å². The first kappa shape index (κ1) is 13.7. The van der Waals surface area contributed by atoms with Gasteiger partial charge in [0, 0.05) is 16.8 Å². The van der Waals surface area contributed by atoms with Crippen molar-refractivity contribution >= 4 is 45.1 Å². The molecule has 0 aliphatic heterocycles. The van der Waals surface area contributed by atoms with E-state index in [4.69, 9.17) is 11.6 Å². The lowest BCUT2D eigenvalue weighted by Gasteiger charge is -1.98. The lowest BCUT2D eigenvalue weighted by Crippen LogP contribution is -1.91. The van der Waals surface area contributed by atoms with Crippen LogP contribution in [0, 0.1) is 10.1 Å². The van der Waals surface area contributed by atoms with Gasteiger partial charge in [-0.3, -0.25) is 15.1 Å². The number of nitro benzene ring substituents is 1. The Morgan fingerprint density at radius 3 is 2.68 bits per heavy atom. The molecule has 0 radical (unpaired) electrons. The molecule has 0 heterocycles. The average molecular weight is 340 g/mol. The summed E-state index contributed by atoms with van der Waals surface area (Å²) in [4.78, 5) is 14.5. The van der Waals surface area contributed by atoms with Crippen molar-refractivity contribution in [3.8, 4) is 0 Å². The van der Waals surface area contributed by atoms with Crippen LogP contribution < -0.4 is 0 Å². The molecule has 0 N–H and O–H groups in total. The third-order valence-electron chi connectivity index (χ3n) is 2.37. The van der Waals surface area contributed by atoms with Gasteiger partial charge in [0.1, 0.15) is 5.02 Å². The molecule has 0 saturated heterocycles. The highest BCUT2D eigenvalue weighted by Crippen LogP contribution is 2.26. The molecule has 2 aromatic carbocycles. The van der Waals surface area contributed by atoms with Crippen molar-refractivity contribution in [3.05, 3.63) is 67.6 Å². The third-order valence-corrected chi connectivity index (χ3v) is 3.36. The number of nitro groups is 1. The third kappa shape index (κ3) is 3.39. The van der Waals surface area contributed by atoms with E-state index in [1.807, 2.05) is 24.3 Å².